The average Bonchev–Trinajstić information content (AvgIpc) is 2.40. The number of hydrogen-bond acceptors (Lipinski definition) is 3. The van der Waals surface area contributed by atoms with Crippen LogP contribution in [-0.2, 0) is 4.74 Å². The maximum atomic E-state index is 6.03. The molecule has 0 aromatic rings. The summed E-state index contributed by atoms with van der Waals surface area (Å²) in [5, 5.41) is 0. The molecule has 0 bridgehead atoms. The molecule has 1 aliphatic heterocycles. The van der Waals surface area contributed by atoms with E-state index in [0.717, 1.165) is 45.6 Å². The predicted octanol–water partition coefficient (Wildman–Crippen LogP) is 1.86. The van der Waals surface area contributed by atoms with E-state index in [1.165, 1.54) is 0 Å². The summed E-state index contributed by atoms with van der Waals surface area (Å²) >= 11 is 0. The van der Waals surface area contributed by atoms with Gasteiger partial charge in [-0.15, -0.1) is 0 Å². The van der Waals surface area contributed by atoms with Crippen molar-refractivity contribution >= 4 is 0 Å². The van der Waals surface area contributed by atoms with Crippen molar-refractivity contribution < 1.29 is 4.74 Å². The van der Waals surface area contributed by atoms with E-state index in [2.05, 4.69) is 32.7 Å². The monoisotopic (exact) mass is 228 g/mol. The SMILES string of the molecule is CN(CC(C)(C)C)C1(CN)CCCOCC1. The Kier molecular flexibility index (Phi) is 4.77. The fourth-order valence-corrected chi connectivity index (χ4v) is 2.61. The molecule has 96 valence electrons. The molecule has 1 unspecified atom stereocenters. The van der Waals surface area contributed by atoms with Crippen LogP contribution in [0, 0.1) is 5.41 Å². The van der Waals surface area contributed by atoms with Gasteiger partial charge in [-0.2, -0.15) is 0 Å². The lowest BCUT2D eigenvalue weighted by molar-refractivity contribution is 0.0629. The Balaban J connectivity index is 2.69. The van der Waals surface area contributed by atoms with Gasteiger partial charge in [0.1, 0.15) is 0 Å². The molecule has 0 amide bonds. The minimum atomic E-state index is 0.157. The molecule has 0 aromatic heterocycles. The van der Waals surface area contributed by atoms with Crippen molar-refractivity contribution in [3.63, 3.8) is 0 Å². The lowest BCUT2D eigenvalue weighted by atomic mass is 9.86. The van der Waals surface area contributed by atoms with E-state index >= 15 is 0 Å². The fourth-order valence-electron chi connectivity index (χ4n) is 2.61. The van der Waals surface area contributed by atoms with Gasteiger partial charge in [0.05, 0.1) is 0 Å². The standard InChI is InChI=1S/C13H28N2O/c1-12(2,3)11-15(4)13(10-14)6-5-8-16-9-7-13/h5-11,14H2,1-4H3. The van der Waals surface area contributed by atoms with Gasteiger partial charge in [0.15, 0.2) is 0 Å². The third-order valence-corrected chi connectivity index (χ3v) is 3.54. The molecule has 1 heterocycles. The first kappa shape index (κ1) is 13.9. The highest BCUT2D eigenvalue weighted by molar-refractivity contribution is 4.92. The Morgan fingerprint density at radius 2 is 1.94 bits per heavy atom. The Hall–Kier alpha value is -0.120. The van der Waals surface area contributed by atoms with Gasteiger partial charge in [0, 0.05) is 31.8 Å². The van der Waals surface area contributed by atoms with Gasteiger partial charge in [0.2, 0.25) is 0 Å². The zero-order valence-corrected chi connectivity index (χ0v) is 11.4. The van der Waals surface area contributed by atoms with Crippen molar-refractivity contribution in [2.45, 2.75) is 45.6 Å². The number of nitrogens with zero attached hydrogens (tertiary/aromatic N) is 1. The Labute approximate surface area is 100 Å². The number of ether oxygens (including phenoxy) is 1. The predicted molar refractivity (Wildman–Crippen MR) is 68.5 cm³/mol. The number of rotatable bonds is 3. The molecule has 0 aromatic carbocycles. The lowest BCUT2D eigenvalue weighted by Crippen LogP contribution is -2.54. The molecule has 0 aliphatic carbocycles. The van der Waals surface area contributed by atoms with Gasteiger partial charge in [-0.25, -0.2) is 0 Å². The normalized spacial score (nSPS) is 28.1. The quantitative estimate of drug-likeness (QED) is 0.801. The minimum absolute atomic E-state index is 0.157. The maximum absolute atomic E-state index is 6.03. The van der Waals surface area contributed by atoms with Gasteiger partial charge in [0.25, 0.3) is 0 Å². The van der Waals surface area contributed by atoms with Crippen LogP contribution in [0.15, 0.2) is 0 Å². The third-order valence-electron chi connectivity index (χ3n) is 3.54. The molecule has 1 atom stereocenters. The summed E-state index contributed by atoms with van der Waals surface area (Å²) in [4.78, 5) is 2.46. The molecular formula is C13H28N2O. The van der Waals surface area contributed by atoms with Crippen LogP contribution in [0.2, 0.25) is 0 Å². The third kappa shape index (κ3) is 3.72. The van der Waals surface area contributed by atoms with Crippen LogP contribution >= 0.6 is 0 Å². The molecule has 2 N–H and O–H groups in total. The van der Waals surface area contributed by atoms with Gasteiger partial charge >= 0.3 is 0 Å². The van der Waals surface area contributed by atoms with E-state index in [-0.39, 0.29) is 5.54 Å². The van der Waals surface area contributed by atoms with Crippen molar-refractivity contribution in [3.05, 3.63) is 0 Å². The van der Waals surface area contributed by atoms with E-state index in [4.69, 9.17) is 10.5 Å². The largest absolute Gasteiger partial charge is 0.381 e. The molecule has 1 aliphatic rings. The van der Waals surface area contributed by atoms with E-state index in [0.29, 0.717) is 5.41 Å². The van der Waals surface area contributed by atoms with Crippen LogP contribution in [-0.4, -0.2) is 43.8 Å². The topological polar surface area (TPSA) is 38.5 Å². The molecule has 0 spiro atoms. The summed E-state index contributed by atoms with van der Waals surface area (Å²) in [6, 6.07) is 0. The van der Waals surface area contributed by atoms with Gasteiger partial charge < -0.3 is 10.5 Å². The summed E-state index contributed by atoms with van der Waals surface area (Å²) in [6.45, 7) is 10.4. The second-order valence-corrected chi connectivity index (χ2v) is 6.31. The highest BCUT2D eigenvalue weighted by atomic mass is 16.5. The summed E-state index contributed by atoms with van der Waals surface area (Å²) < 4.78 is 5.55. The first-order valence-corrected chi connectivity index (χ1v) is 6.39. The summed E-state index contributed by atoms with van der Waals surface area (Å²) in [5.41, 5.74) is 6.51. The average molecular weight is 228 g/mol. The van der Waals surface area contributed by atoms with Gasteiger partial charge in [-0.3, -0.25) is 4.90 Å². The maximum Gasteiger partial charge on any atom is 0.0484 e. The summed E-state index contributed by atoms with van der Waals surface area (Å²) in [7, 11) is 2.21. The van der Waals surface area contributed by atoms with Crippen LogP contribution in [0.1, 0.15) is 40.0 Å². The van der Waals surface area contributed by atoms with Crippen LogP contribution in [0.5, 0.6) is 0 Å². The highest BCUT2D eigenvalue weighted by Crippen LogP contribution is 2.29. The molecular weight excluding hydrogens is 200 g/mol. The summed E-state index contributed by atoms with van der Waals surface area (Å²) in [6.07, 6.45) is 3.36. The Morgan fingerprint density at radius 3 is 2.50 bits per heavy atom. The van der Waals surface area contributed by atoms with Crippen molar-refractivity contribution in [2.24, 2.45) is 11.1 Å². The first-order valence-electron chi connectivity index (χ1n) is 6.39. The molecule has 3 heteroatoms. The summed E-state index contributed by atoms with van der Waals surface area (Å²) in [5.74, 6) is 0. The van der Waals surface area contributed by atoms with Crippen molar-refractivity contribution in [1.82, 2.24) is 4.90 Å². The second kappa shape index (κ2) is 5.48. The van der Waals surface area contributed by atoms with Gasteiger partial charge in [-0.1, -0.05) is 20.8 Å². The van der Waals surface area contributed by atoms with Crippen LogP contribution < -0.4 is 5.73 Å². The second-order valence-electron chi connectivity index (χ2n) is 6.31. The lowest BCUT2D eigenvalue weighted by Gasteiger charge is -2.43. The fraction of sp³-hybridized carbons (Fsp3) is 1.00. The number of likely N-dealkylation sites (N-methyl/N-ethyl adjacent to an activating group) is 1. The van der Waals surface area contributed by atoms with E-state index in [1.54, 1.807) is 0 Å². The highest BCUT2D eigenvalue weighted by Gasteiger charge is 2.35. The van der Waals surface area contributed by atoms with E-state index in [1.807, 2.05) is 0 Å². The molecule has 0 radical (unpaired) electrons. The molecule has 1 rings (SSSR count). The Bertz CT molecular complexity index is 202. The number of hydrogen-bond donors (Lipinski definition) is 1. The smallest absolute Gasteiger partial charge is 0.0484 e. The zero-order chi connectivity index (χ0) is 12.2. The van der Waals surface area contributed by atoms with Crippen LogP contribution in [0.4, 0.5) is 0 Å². The zero-order valence-electron chi connectivity index (χ0n) is 11.4. The van der Waals surface area contributed by atoms with Crippen molar-refractivity contribution in [3.8, 4) is 0 Å². The van der Waals surface area contributed by atoms with E-state index in [9.17, 15) is 0 Å². The Morgan fingerprint density at radius 1 is 1.25 bits per heavy atom. The number of nitrogens with two attached hydrogens (primary N) is 1. The molecule has 0 saturated carbocycles. The van der Waals surface area contributed by atoms with Gasteiger partial charge in [-0.05, 0) is 31.7 Å². The first-order chi connectivity index (χ1) is 7.40. The molecule has 16 heavy (non-hydrogen) atoms. The minimum Gasteiger partial charge on any atom is -0.381 e. The van der Waals surface area contributed by atoms with E-state index < -0.39 is 0 Å². The van der Waals surface area contributed by atoms with Crippen LogP contribution in [0.3, 0.4) is 0 Å². The van der Waals surface area contributed by atoms with Crippen molar-refractivity contribution in [2.75, 3.05) is 33.4 Å². The van der Waals surface area contributed by atoms with Crippen LogP contribution in [0.25, 0.3) is 0 Å². The molecule has 1 saturated heterocycles. The molecule has 1 fully saturated rings. The van der Waals surface area contributed by atoms with Crippen molar-refractivity contribution in [1.29, 1.82) is 0 Å². The molecule has 3 nitrogen and oxygen atoms in total.